The zero-order chi connectivity index (χ0) is 16.8. The molecule has 0 bridgehead atoms. The third kappa shape index (κ3) is 4.18. The Morgan fingerprint density at radius 3 is 2.75 bits per heavy atom. The monoisotopic (exact) mass is 329 g/mol. The molecule has 0 unspecified atom stereocenters. The van der Waals surface area contributed by atoms with E-state index >= 15 is 0 Å². The molecule has 0 spiro atoms. The predicted molar refractivity (Wildman–Crippen MR) is 90.2 cm³/mol. The first-order valence-corrected chi connectivity index (χ1v) is 8.26. The maximum absolute atomic E-state index is 12.4. The van der Waals surface area contributed by atoms with E-state index in [0.29, 0.717) is 5.69 Å². The first-order valence-electron chi connectivity index (χ1n) is 8.26. The molecule has 7 nitrogen and oxygen atoms in total. The largest absolute Gasteiger partial charge is 0.383 e. The van der Waals surface area contributed by atoms with Gasteiger partial charge in [-0.2, -0.15) is 9.90 Å². The summed E-state index contributed by atoms with van der Waals surface area (Å²) in [5.74, 6) is -0.160. The van der Waals surface area contributed by atoms with Crippen LogP contribution in [-0.4, -0.2) is 65.2 Å². The lowest BCUT2D eigenvalue weighted by molar-refractivity contribution is 0.0887. The zero-order valence-corrected chi connectivity index (χ0v) is 13.9. The summed E-state index contributed by atoms with van der Waals surface area (Å²) in [4.78, 5) is 16.2. The number of hydrogen-bond donors (Lipinski definition) is 1. The average molecular weight is 329 g/mol. The third-order valence-electron chi connectivity index (χ3n) is 4.25. The van der Waals surface area contributed by atoms with E-state index < -0.39 is 0 Å². The summed E-state index contributed by atoms with van der Waals surface area (Å²) in [6.45, 7) is 3.65. The number of carbonyl (C=O) groups excluding carboxylic acids is 1. The number of carbonyl (C=O) groups is 1. The van der Waals surface area contributed by atoms with Crippen LogP contribution in [0.1, 0.15) is 23.3 Å². The number of likely N-dealkylation sites (tertiary alicyclic amines) is 1. The van der Waals surface area contributed by atoms with Crippen molar-refractivity contribution in [2.24, 2.45) is 0 Å². The lowest BCUT2D eigenvalue weighted by Crippen LogP contribution is -2.45. The van der Waals surface area contributed by atoms with Gasteiger partial charge < -0.3 is 15.0 Å². The van der Waals surface area contributed by atoms with E-state index in [1.807, 2.05) is 30.3 Å². The Morgan fingerprint density at radius 1 is 1.29 bits per heavy atom. The van der Waals surface area contributed by atoms with Gasteiger partial charge in [0.25, 0.3) is 5.91 Å². The SMILES string of the molecule is COCCN1CCC(NC(=O)c2cnn(-c3ccccc3)n2)CC1. The number of methoxy groups -OCH3 is 1. The number of hydrogen-bond acceptors (Lipinski definition) is 5. The highest BCUT2D eigenvalue weighted by Gasteiger charge is 2.22. The number of rotatable bonds is 6. The summed E-state index contributed by atoms with van der Waals surface area (Å²) in [5.41, 5.74) is 1.18. The molecule has 128 valence electrons. The molecule has 24 heavy (non-hydrogen) atoms. The molecular formula is C17H23N5O2. The highest BCUT2D eigenvalue weighted by molar-refractivity contribution is 5.92. The van der Waals surface area contributed by atoms with Crippen LogP contribution in [-0.2, 0) is 4.74 Å². The standard InChI is InChI=1S/C17H23N5O2/c1-24-12-11-21-9-7-14(8-10-21)19-17(23)16-13-18-22(20-16)15-5-3-2-4-6-15/h2-6,13-14H,7-12H2,1H3,(H,19,23). The number of ether oxygens (including phenoxy) is 1. The normalized spacial score (nSPS) is 16.2. The van der Waals surface area contributed by atoms with Crippen LogP contribution in [0.3, 0.4) is 0 Å². The Hall–Kier alpha value is -2.25. The molecule has 1 aromatic heterocycles. The van der Waals surface area contributed by atoms with Crippen molar-refractivity contribution in [3.63, 3.8) is 0 Å². The predicted octanol–water partition coefficient (Wildman–Crippen LogP) is 1.11. The number of amides is 1. The van der Waals surface area contributed by atoms with Crippen molar-refractivity contribution in [3.8, 4) is 5.69 Å². The van der Waals surface area contributed by atoms with Crippen molar-refractivity contribution >= 4 is 5.91 Å². The van der Waals surface area contributed by atoms with Gasteiger partial charge in [-0.3, -0.25) is 4.79 Å². The van der Waals surface area contributed by atoms with E-state index in [2.05, 4.69) is 20.4 Å². The van der Waals surface area contributed by atoms with Crippen LogP contribution in [0, 0.1) is 0 Å². The molecule has 1 aromatic carbocycles. The number of aromatic nitrogens is 3. The summed E-state index contributed by atoms with van der Waals surface area (Å²) in [7, 11) is 1.72. The first-order chi connectivity index (χ1) is 11.8. The number of nitrogens with one attached hydrogen (secondary N) is 1. The number of benzene rings is 1. The van der Waals surface area contributed by atoms with Crippen LogP contribution in [0.25, 0.3) is 5.69 Å². The van der Waals surface area contributed by atoms with Gasteiger partial charge in [-0.05, 0) is 25.0 Å². The number of piperidine rings is 1. The maximum Gasteiger partial charge on any atom is 0.273 e. The lowest BCUT2D eigenvalue weighted by atomic mass is 10.0. The third-order valence-corrected chi connectivity index (χ3v) is 4.25. The Balaban J connectivity index is 1.52. The van der Waals surface area contributed by atoms with Gasteiger partial charge >= 0.3 is 0 Å². The highest BCUT2D eigenvalue weighted by Crippen LogP contribution is 2.11. The quantitative estimate of drug-likeness (QED) is 0.859. The summed E-state index contributed by atoms with van der Waals surface area (Å²) in [6, 6.07) is 9.75. The summed E-state index contributed by atoms with van der Waals surface area (Å²) < 4.78 is 5.10. The minimum Gasteiger partial charge on any atom is -0.383 e. The van der Waals surface area contributed by atoms with Crippen molar-refractivity contribution < 1.29 is 9.53 Å². The highest BCUT2D eigenvalue weighted by atomic mass is 16.5. The van der Waals surface area contributed by atoms with Crippen LogP contribution in [0.2, 0.25) is 0 Å². The van der Waals surface area contributed by atoms with Gasteiger partial charge in [-0.25, -0.2) is 0 Å². The summed E-state index contributed by atoms with van der Waals surface area (Å²) >= 11 is 0. The van der Waals surface area contributed by atoms with Crippen molar-refractivity contribution in [2.75, 3.05) is 33.4 Å². The molecule has 1 aliphatic rings. The Kier molecular flexibility index (Phi) is 5.55. The smallest absolute Gasteiger partial charge is 0.273 e. The van der Waals surface area contributed by atoms with Crippen molar-refractivity contribution in [3.05, 3.63) is 42.2 Å². The second-order valence-corrected chi connectivity index (χ2v) is 5.94. The van der Waals surface area contributed by atoms with E-state index in [1.54, 1.807) is 7.11 Å². The van der Waals surface area contributed by atoms with Gasteiger partial charge in [0.1, 0.15) is 0 Å². The van der Waals surface area contributed by atoms with Crippen molar-refractivity contribution in [1.82, 2.24) is 25.2 Å². The molecule has 0 saturated carbocycles. The molecule has 0 aliphatic carbocycles. The van der Waals surface area contributed by atoms with E-state index in [1.165, 1.54) is 11.0 Å². The fraction of sp³-hybridized carbons (Fsp3) is 0.471. The van der Waals surface area contributed by atoms with Crippen LogP contribution < -0.4 is 5.32 Å². The Morgan fingerprint density at radius 2 is 2.04 bits per heavy atom. The van der Waals surface area contributed by atoms with Crippen molar-refractivity contribution in [2.45, 2.75) is 18.9 Å². The van der Waals surface area contributed by atoms with Crippen LogP contribution in [0.15, 0.2) is 36.5 Å². The summed E-state index contributed by atoms with van der Waals surface area (Å²) in [5, 5.41) is 11.5. The molecule has 0 atom stereocenters. The van der Waals surface area contributed by atoms with E-state index in [0.717, 1.165) is 44.8 Å². The minimum absolute atomic E-state index is 0.160. The lowest BCUT2D eigenvalue weighted by Gasteiger charge is -2.31. The fourth-order valence-electron chi connectivity index (χ4n) is 2.83. The second kappa shape index (κ2) is 8.03. The zero-order valence-electron chi connectivity index (χ0n) is 13.9. The Labute approximate surface area is 141 Å². The fourth-order valence-corrected chi connectivity index (χ4v) is 2.83. The van der Waals surface area contributed by atoms with Gasteiger partial charge in [-0.1, -0.05) is 18.2 Å². The van der Waals surface area contributed by atoms with Crippen molar-refractivity contribution in [1.29, 1.82) is 0 Å². The molecule has 1 fully saturated rings. The maximum atomic E-state index is 12.4. The molecule has 1 aliphatic heterocycles. The summed E-state index contributed by atoms with van der Waals surface area (Å²) in [6.07, 6.45) is 3.40. The van der Waals surface area contributed by atoms with Gasteiger partial charge in [0.15, 0.2) is 5.69 Å². The van der Waals surface area contributed by atoms with Gasteiger partial charge in [0.2, 0.25) is 0 Å². The molecule has 2 heterocycles. The molecule has 2 aromatic rings. The van der Waals surface area contributed by atoms with Gasteiger partial charge in [0, 0.05) is 32.8 Å². The van der Waals surface area contributed by atoms with Crippen LogP contribution in [0.5, 0.6) is 0 Å². The van der Waals surface area contributed by atoms with Gasteiger partial charge in [-0.15, -0.1) is 5.10 Å². The van der Waals surface area contributed by atoms with E-state index in [4.69, 9.17) is 4.74 Å². The molecular weight excluding hydrogens is 306 g/mol. The molecule has 1 amide bonds. The van der Waals surface area contributed by atoms with E-state index in [-0.39, 0.29) is 11.9 Å². The van der Waals surface area contributed by atoms with Gasteiger partial charge in [0.05, 0.1) is 18.5 Å². The van der Waals surface area contributed by atoms with E-state index in [9.17, 15) is 4.79 Å². The Bertz CT molecular complexity index is 650. The molecule has 1 N–H and O–H groups in total. The van der Waals surface area contributed by atoms with Crippen LogP contribution >= 0.6 is 0 Å². The molecule has 7 heteroatoms. The molecule has 3 rings (SSSR count). The molecule has 0 radical (unpaired) electrons. The molecule has 1 saturated heterocycles. The first kappa shape index (κ1) is 16.6. The average Bonchev–Trinajstić information content (AvgIpc) is 3.12. The number of nitrogens with zero attached hydrogens (tertiary/aromatic N) is 4. The topological polar surface area (TPSA) is 72.3 Å². The van der Waals surface area contributed by atoms with Crippen LogP contribution in [0.4, 0.5) is 0 Å². The number of para-hydroxylation sites is 1. The second-order valence-electron chi connectivity index (χ2n) is 5.94. The minimum atomic E-state index is -0.160.